The fraction of sp³-hybridized carbons (Fsp3) is 0.375. The molecule has 1 aromatic carbocycles. The maximum atomic E-state index is 13.1. The van der Waals surface area contributed by atoms with Gasteiger partial charge >= 0.3 is 0 Å². The van der Waals surface area contributed by atoms with Crippen molar-refractivity contribution in [1.29, 1.82) is 0 Å². The number of hydrogen-bond donors (Lipinski definition) is 1. The summed E-state index contributed by atoms with van der Waals surface area (Å²) < 4.78 is 13.3. The molecule has 2 aliphatic heterocycles. The van der Waals surface area contributed by atoms with Crippen molar-refractivity contribution >= 4 is 23.4 Å². The molecule has 2 aromatic heterocycles. The van der Waals surface area contributed by atoms with Gasteiger partial charge in [-0.1, -0.05) is 23.7 Å². The van der Waals surface area contributed by atoms with Crippen LogP contribution in [0.3, 0.4) is 0 Å². The summed E-state index contributed by atoms with van der Waals surface area (Å²) in [7, 11) is 0. The number of furan rings is 1. The summed E-state index contributed by atoms with van der Waals surface area (Å²) in [6.07, 6.45) is 4.44. The Balaban J connectivity index is 1.17. The third-order valence-electron chi connectivity index (χ3n) is 6.34. The molecule has 0 bridgehead atoms. The van der Waals surface area contributed by atoms with Gasteiger partial charge in [0.2, 0.25) is 5.91 Å². The van der Waals surface area contributed by atoms with Gasteiger partial charge in [0.15, 0.2) is 5.69 Å². The lowest BCUT2D eigenvalue weighted by Gasteiger charge is -2.31. The first-order chi connectivity index (χ1) is 16.1. The Labute approximate surface area is 196 Å². The minimum absolute atomic E-state index is 0.000453. The smallest absolute Gasteiger partial charge is 0.274 e. The molecule has 4 heterocycles. The van der Waals surface area contributed by atoms with Gasteiger partial charge in [-0.3, -0.25) is 9.59 Å². The monoisotopic (exact) mass is 468 g/mol. The summed E-state index contributed by atoms with van der Waals surface area (Å²) in [5.41, 5.74) is 2.27. The molecule has 3 aromatic rings. The Bertz CT molecular complexity index is 1120. The molecule has 2 amide bonds. The van der Waals surface area contributed by atoms with Crippen LogP contribution in [0.4, 0.5) is 0 Å². The summed E-state index contributed by atoms with van der Waals surface area (Å²) in [5.74, 6) is 0.510. The van der Waals surface area contributed by atoms with Crippen LogP contribution >= 0.6 is 11.6 Å². The number of rotatable bonds is 5. The number of imidazole rings is 1. The number of likely N-dealkylation sites (tertiary alicyclic amines) is 1. The Morgan fingerprint density at radius 2 is 1.94 bits per heavy atom. The van der Waals surface area contributed by atoms with Crippen LogP contribution in [0.25, 0.3) is 0 Å². The molecule has 0 aliphatic carbocycles. The number of fused-ring (bicyclic) bond motifs is 1. The van der Waals surface area contributed by atoms with E-state index in [1.807, 2.05) is 34.9 Å². The number of nitrogens with zero attached hydrogens (tertiary/aromatic N) is 3. The molecule has 2 aliphatic rings. The van der Waals surface area contributed by atoms with E-state index in [0.29, 0.717) is 56.3 Å². The molecule has 9 heteroatoms. The fourth-order valence-electron chi connectivity index (χ4n) is 4.41. The number of halogens is 1. The SMILES string of the molecule is O=C(NCc1ccco1)C1CCN(C(=O)c2ncn3c2COC(c2ccc(Cl)cc2)C3)CC1. The third kappa shape index (κ3) is 4.67. The summed E-state index contributed by atoms with van der Waals surface area (Å²) in [4.78, 5) is 31.8. The maximum absolute atomic E-state index is 13.1. The molecule has 1 unspecified atom stereocenters. The van der Waals surface area contributed by atoms with Crippen LogP contribution in [0.1, 0.15) is 46.5 Å². The number of amides is 2. The number of hydrogen-bond acceptors (Lipinski definition) is 5. The molecule has 33 heavy (non-hydrogen) atoms. The van der Waals surface area contributed by atoms with Crippen LogP contribution in [-0.4, -0.2) is 39.4 Å². The van der Waals surface area contributed by atoms with Gasteiger partial charge in [-0.05, 0) is 42.7 Å². The van der Waals surface area contributed by atoms with Crippen LogP contribution < -0.4 is 5.32 Å². The van der Waals surface area contributed by atoms with E-state index < -0.39 is 0 Å². The van der Waals surface area contributed by atoms with Gasteiger partial charge in [-0.2, -0.15) is 0 Å². The summed E-state index contributed by atoms with van der Waals surface area (Å²) in [6, 6.07) is 11.2. The lowest BCUT2D eigenvalue weighted by Crippen LogP contribution is -2.43. The molecular weight excluding hydrogens is 444 g/mol. The van der Waals surface area contributed by atoms with Gasteiger partial charge in [0.1, 0.15) is 11.9 Å². The molecule has 0 spiro atoms. The first kappa shape index (κ1) is 21.7. The first-order valence-corrected chi connectivity index (χ1v) is 11.5. The van der Waals surface area contributed by atoms with Crippen LogP contribution in [0.5, 0.6) is 0 Å². The molecule has 1 N–H and O–H groups in total. The summed E-state index contributed by atoms with van der Waals surface area (Å²) >= 11 is 5.98. The van der Waals surface area contributed by atoms with E-state index in [1.165, 1.54) is 0 Å². The molecule has 1 atom stereocenters. The van der Waals surface area contributed by atoms with Gasteiger partial charge in [0, 0.05) is 24.0 Å². The van der Waals surface area contributed by atoms with Crippen LogP contribution in [-0.2, 0) is 29.2 Å². The van der Waals surface area contributed by atoms with Crippen LogP contribution in [0, 0.1) is 5.92 Å². The standard InChI is InChI=1S/C24H25ClN4O4/c25-18-5-3-16(4-6-18)21-13-29-15-27-22(20(29)14-33-21)24(31)28-9-7-17(8-10-28)23(30)26-12-19-2-1-11-32-19/h1-6,11,15,17,21H,7-10,12-14H2,(H,26,30). The Morgan fingerprint density at radius 1 is 1.15 bits per heavy atom. The normalized spacial score (nSPS) is 18.7. The highest BCUT2D eigenvalue weighted by atomic mass is 35.5. The fourth-order valence-corrected chi connectivity index (χ4v) is 4.54. The highest BCUT2D eigenvalue weighted by Gasteiger charge is 2.32. The molecule has 172 valence electrons. The van der Waals surface area contributed by atoms with Gasteiger partial charge in [0.25, 0.3) is 5.91 Å². The molecule has 8 nitrogen and oxygen atoms in total. The third-order valence-corrected chi connectivity index (χ3v) is 6.60. The zero-order valence-corrected chi connectivity index (χ0v) is 18.8. The van der Waals surface area contributed by atoms with Crippen molar-refractivity contribution < 1.29 is 18.7 Å². The van der Waals surface area contributed by atoms with Crippen LogP contribution in [0.2, 0.25) is 5.02 Å². The largest absolute Gasteiger partial charge is 0.467 e. The van der Waals surface area contributed by atoms with E-state index in [9.17, 15) is 9.59 Å². The van der Waals surface area contributed by atoms with Gasteiger partial charge in [-0.25, -0.2) is 4.98 Å². The highest BCUT2D eigenvalue weighted by molar-refractivity contribution is 6.30. The van der Waals surface area contributed by atoms with Crippen LogP contribution in [0.15, 0.2) is 53.4 Å². The number of ether oxygens (including phenoxy) is 1. The molecule has 0 saturated carbocycles. The van der Waals surface area contributed by atoms with Gasteiger partial charge in [-0.15, -0.1) is 0 Å². The average Bonchev–Trinajstić information content (AvgIpc) is 3.52. The summed E-state index contributed by atoms with van der Waals surface area (Å²) in [5, 5.41) is 3.60. The number of benzene rings is 1. The van der Waals surface area contributed by atoms with Crippen molar-refractivity contribution in [2.75, 3.05) is 13.1 Å². The Kier molecular flexibility index (Phi) is 6.20. The van der Waals surface area contributed by atoms with Crippen molar-refractivity contribution in [3.8, 4) is 0 Å². The average molecular weight is 469 g/mol. The molecule has 1 saturated heterocycles. The lowest BCUT2D eigenvalue weighted by atomic mass is 9.95. The van der Waals surface area contributed by atoms with Crippen molar-refractivity contribution in [3.05, 3.63) is 76.7 Å². The van der Waals surface area contributed by atoms with E-state index in [0.717, 1.165) is 17.0 Å². The zero-order valence-electron chi connectivity index (χ0n) is 18.1. The zero-order chi connectivity index (χ0) is 22.8. The van der Waals surface area contributed by atoms with Gasteiger partial charge < -0.3 is 23.9 Å². The highest BCUT2D eigenvalue weighted by Crippen LogP contribution is 2.29. The quantitative estimate of drug-likeness (QED) is 0.618. The predicted molar refractivity (Wildman–Crippen MR) is 120 cm³/mol. The van der Waals surface area contributed by atoms with Crippen molar-refractivity contribution in [2.24, 2.45) is 5.92 Å². The molecule has 1 fully saturated rings. The molecular formula is C24H25ClN4O4. The predicted octanol–water partition coefficient (Wildman–Crippen LogP) is 3.57. The Morgan fingerprint density at radius 3 is 2.67 bits per heavy atom. The second kappa shape index (κ2) is 9.41. The van der Waals surface area contributed by atoms with Crippen molar-refractivity contribution in [3.63, 3.8) is 0 Å². The minimum Gasteiger partial charge on any atom is -0.467 e. The van der Waals surface area contributed by atoms with E-state index in [4.69, 9.17) is 20.8 Å². The van der Waals surface area contributed by atoms with Crippen molar-refractivity contribution in [2.45, 2.75) is 38.6 Å². The van der Waals surface area contributed by atoms with Gasteiger partial charge in [0.05, 0.1) is 38.0 Å². The number of piperidine rings is 1. The maximum Gasteiger partial charge on any atom is 0.274 e. The van der Waals surface area contributed by atoms with E-state index in [-0.39, 0.29) is 23.8 Å². The minimum atomic E-state index is -0.109. The number of nitrogens with one attached hydrogen (secondary N) is 1. The first-order valence-electron chi connectivity index (χ1n) is 11.1. The number of aromatic nitrogens is 2. The second-order valence-electron chi connectivity index (χ2n) is 8.41. The second-order valence-corrected chi connectivity index (χ2v) is 8.84. The van der Waals surface area contributed by atoms with E-state index in [1.54, 1.807) is 23.6 Å². The molecule has 0 radical (unpaired) electrons. The topological polar surface area (TPSA) is 89.6 Å². The molecule has 5 rings (SSSR count). The van der Waals surface area contributed by atoms with E-state index >= 15 is 0 Å². The Hall–Kier alpha value is -3.10. The number of carbonyl (C=O) groups is 2. The number of carbonyl (C=O) groups excluding carboxylic acids is 2. The lowest BCUT2D eigenvalue weighted by molar-refractivity contribution is -0.126. The van der Waals surface area contributed by atoms with E-state index in [2.05, 4.69) is 10.3 Å². The summed E-state index contributed by atoms with van der Waals surface area (Å²) in [6.45, 7) is 2.34. The van der Waals surface area contributed by atoms with Crippen molar-refractivity contribution in [1.82, 2.24) is 19.8 Å².